The van der Waals surface area contributed by atoms with Gasteiger partial charge in [-0.25, -0.2) is 0 Å². The predicted molar refractivity (Wildman–Crippen MR) is 93.2 cm³/mol. The van der Waals surface area contributed by atoms with E-state index in [-0.39, 0.29) is 5.97 Å². The van der Waals surface area contributed by atoms with Gasteiger partial charge in [-0.3, -0.25) is 9.89 Å². The summed E-state index contributed by atoms with van der Waals surface area (Å²) in [5.74, 6) is 0.114. The van der Waals surface area contributed by atoms with E-state index in [0.717, 1.165) is 50.3 Å². The number of likely N-dealkylation sites (tertiary alicyclic amines) is 1. The highest BCUT2D eigenvalue weighted by Crippen LogP contribution is 2.32. The Morgan fingerprint density at radius 3 is 2.70 bits per heavy atom. The van der Waals surface area contributed by atoms with Crippen molar-refractivity contribution in [2.24, 2.45) is 0 Å². The lowest BCUT2D eigenvalue weighted by molar-refractivity contribution is -0.904. The number of H-pyrrole nitrogens is 1. The second-order valence-electron chi connectivity index (χ2n) is 6.89. The topological polar surface area (TPSA) is 59.4 Å². The molecule has 0 atom stereocenters. The van der Waals surface area contributed by atoms with Gasteiger partial charge in [-0.05, 0) is 18.2 Å². The van der Waals surface area contributed by atoms with E-state index in [4.69, 9.17) is 0 Å². The van der Waals surface area contributed by atoms with Crippen molar-refractivity contribution < 1.29 is 27.6 Å². The molecule has 146 valence electrons. The molecule has 3 rings (SSSR count). The highest BCUT2D eigenvalue weighted by atomic mass is 19.4. The van der Waals surface area contributed by atoms with Crippen LogP contribution in [-0.4, -0.2) is 42.9 Å². The fourth-order valence-electron chi connectivity index (χ4n) is 3.52. The SMILES string of the molecule is COC(=O)CC[NH+]1CCC(c2cc(-c3cccc(C(F)(F)F)c3)n[nH]2)CC1. The highest BCUT2D eigenvalue weighted by Gasteiger charge is 2.31. The second-order valence-corrected chi connectivity index (χ2v) is 6.89. The molecule has 0 radical (unpaired) electrons. The highest BCUT2D eigenvalue weighted by molar-refractivity contribution is 5.69. The lowest BCUT2D eigenvalue weighted by atomic mass is 9.93. The summed E-state index contributed by atoms with van der Waals surface area (Å²) in [6.07, 6.45) is -2.06. The molecule has 1 aromatic heterocycles. The van der Waals surface area contributed by atoms with Crippen molar-refractivity contribution in [3.63, 3.8) is 0 Å². The van der Waals surface area contributed by atoms with Crippen LogP contribution in [0.15, 0.2) is 30.3 Å². The molecule has 2 heterocycles. The fourth-order valence-corrected chi connectivity index (χ4v) is 3.52. The molecule has 2 aromatic rings. The lowest BCUT2D eigenvalue weighted by Gasteiger charge is -2.28. The average molecular weight is 382 g/mol. The van der Waals surface area contributed by atoms with E-state index in [1.165, 1.54) is 18.1 Å². The lowest BCUT2D eigenvalue weighted by Crippen LogP contribution is -3.13. The number of piperidine rings is 1. The van der Waals surface area contributed by atoms with Crippen LogP contribution in [-0.2, 0) is 15.7 Å². The van der Waals surface area contributed by atoms with Crippen LogP contribution in [0.5, 0.6) is 0 Å². The van der Waals surface area contributed by atoms with Crippen LogP contribution < -0.4 is 4.90 Å². The summed E-state index contributed by atoms with van der Waals surface area (Å²) >= 11 is 0. The Hall–Kier alpha value is -2.35. The third-order valence-electron chi connectivity index (χ3n) is 5.13. The van der Waals surface area contributed by atoms with Gasteiger partial charge < -0.3 is 9.64 Å². The van der Waals surface area contributed by atoms with Crippen LogP contribution in [0.4, 0.5) is 13.2 Å². The van der Waals surface area contributed by atoms with Gasteiger partial charge in [-0.2, -0.15) is 18.3 Å². The van der Waals surface area contributed by atoms with Gasteiger partial charge in [-0.15, -0.1) is 0 Å². The van der Waals surface area contributed by atoms with Gasteiger partial charge in [0, 0.05) is 30.0 Å². The summed E-state index contributed by atoms with van der Waals surface area (Å²) in [5, 5.41) is 7.21. The Bertz CT molecular complexity index is 781. The molecule has 0 bridgehead atoms. The summed E-state index contributed by atoms with van der Waals surface area (Å²) < 4.78 is 43.3. The first kappa shape index (κ1) is 19.4. The van der Waals surface area contributed by atoms with Gasteiger partial charge >= 0.3 is 12.1 Å². The molecule has 1 aliphatic rings. The molecule has 5 nitrogen and oxygen atoms in total. The van der Waals surface area contributed by atoms with Gasteiger partial charge in [0.25, 0.3) is 0 Å². The number of alkyl halides is 3. The van der Waals surface area contributed by atoms with E-state index in [1.807, 2.05) is 6.07 Å². The number of halogens is 3. The number of carbonyl (C=O) groups is 1. The molecule has 0 aliphatic carbocycles. The van der Waals surface area contributed by atoms with Gasteiger partial charge in [0.15, 0.2) is 0 Å². The zero-order valence-electron chi connectivity index (χ0n) is 15.1. The average Bonchev–Trinajstić information content (AvgIpc) is 3.16. The van der Waals surface area contributed by atoms with Gasteiger partial charge in [-0.1, -0.05) is 12.1 Å². The molecule has 27 heavy (non-hydrogen) atoms. The molecular formula is C19H23F3N3O2+. The minimum absolute atomic E-state index is 0.191. The third-order valence-corrected chi connectivity index (χ3v) is 5.13. The number of esters is 1. The quantitative estimate of drug-likeness (QED) is 0.781. The normalized spacial score (nSPS) is 20.4. The van der Waals surface area contributed by atoms with E-state index in [0.29, 0.717) is 23.6 Å². The number of hydrogen-bond acceptors (Lipinski definition) is 3. The molecule has 1 aliphatic heterocycles. The van der Waals surface area contributed by atoms with E-state index < -0.39 is 11.7 Å². The molecule has 0 unspecified atom stereocenters. The van der Waals surface area contributed by atoms with Crippen LogP contribution in [0.2, 0.25) is 0 Å². The van der Waals surface area contributed by atoms with Crippen molar-refractivity contribution in [3.8, 4) is 11.3 Å². The molecular weight excluding hydrogens is 359 g/mol. The maximum Gasteiger partial charge on any atom is 0.416 e. The summed E-state index contributed by atoms with van der Waals surface area (Å²) in [6.45, 7) is 2.65. The zero-order valence-corrected chi connectivity index (χ0v) is 15.1. The molecule has 1 fully saturated rings. The first-order chi connectivity index (χ1) is 12.9. The molecule has 1 aromatic carbocycles. The van der Waals surface area contributed by atoms with E-state index >= 15 is 0 Å². The Morgan fingerprint density at radius 2 is 2.04 bits per heavy atom. The first-order valence-electron chi connectivity index (χ1n) is 9.00. The minimum atomic E-state index is -4.37. The van der Waals surface area contributed by atoms with Crippen LogP contribution >= 0.6 is 0 Å². The number of nitrogens with one attached hydrogen (secondary N) is 2. The van der Waals surface area contributed by atoms with Crippen molar-refractivity contribution in [3.05, 3.63) is 41.6 Å². The van der Waals surface area contributed by atoms with Gasteiger partial charge in [0.1, 0.15) is 0 Å². The van der Waals surface area contributed by atoms with Crippen LogP contribution in [0.3, 0.4) is 0 Å². The first-order valence-corrected chi connectivity index (χ1v) is 9.00. The molecule has 8 heteroatoms. The standard InChI is InChI=1S/C19H22F3N3O2/c1-27-18(26)7-10-25-8-5-13(6-9-25)16-12-17(24-23-16)14-3-2-4-15(11-14)19(20,21)22/h2-4,11-13H,5-10H2,1H3,(H,23,24)/p+1. The number of benzene rings is 1. The van der Waals surface area contributed by atoms with Crippen molar-refractivity contribution >= 4 is 5.97 Å². The largest absolute Gasteiger partial charge is 0.469 e. The third kappa shape index (κ3) is 4.88. The van der Waals surface area contributed by atoms with Gasteiger partial charge in [0.2, 0.25) is 0 Å². The number of methoxy groups -OCH3 is 1. The predicted octanol–water partition coefficient (Wildman–Crippen LogP) is 2.42. The van der Waals surface area contributed by atoms with Crippen LogP contribution in [0, 0.1) is 0 Å². The van der Waals surface area contributed by atoms with E-state index in [1.54, 1.807) is 6.07 Å². The van der Waals surface area contributed by atoms with Crippen molar-refractivity contribution in [1.82, 2.24) is 10.2 Å². The maximum absolute atomic E-state index is 12.9. The van der Waals surface area contributed by atoms with Crippen molar-refractivity contribution in [2.45, 2.75) is 31.4 Å². The number of hydrogen-bond donors (Lipinski definition) is 2. The summed E-state index contributed by atoms with van der Waals surface area (Å²) in [6, 6.07) is 7.06. The van der Waals surface area contributed by atoms with Crippen molar-refractivity contribution in [1.29, 1.82) is 0 Å². The molecule has 2 N–H and O–H groups in total. The fraction of sp³-hybridized carbons (Fsp3) is 0.474. The van der Waals surface area contributed by atoms with E-state index in [9.17, 15) is 18.0 Å². The Balaban J connectivity index is 1.61. The molecule has 0 saturated carbocycles. The summed E-state index contributed by atoms with van der Waals surface area (Å²) in [7, 11) is 1.39. The maximum atomic E-state index is 12.9. The number of quaternary nitrogens is 1. The number of aromatic amines is 1. The molecule has 0 amide bonds. The summed E-state index contributed by atoms with van der Waals surface area (Å²) in [4.78, 5) is 12.6. The Labute approximate surface area is 155 Å². The number of ether oxygens (including phenoxy) is 1. The minimum Gasteiger partial charge on any atom is -0.469 e. The number of carbonyl (C=O) groups excluding carboxylic acids is 1. The molecule has 1 saturated heterocycles. The zero-order chi connectivity index (χ0) is 19.4. The smallest absolute Gasteiger partial charge is 0.416 e. The van der Waals surface area contributed by atoms with Gasteiger partial charge in [0.05, 0.1) is 44.4 Å². The number of nitrogens with zero attached hydrogens (tertiary/aromatic N) is 1. The number of rotatable bonds is 5. The van der Waals surface area contributed by atoms with Crippen LogP contribution in [0.1, 0.15) is 36.4 Å². The van der Waals surface area contributed by atoms with Crippen molar-refractivity contribution in [2.75, 3.05) is 26.7 Å². The number of aromatic nitrogens is 2. The monoisotopic (exact) mass is 382 g/mol. The molecule has 0 spiro atoms. The Kier molecular flexibility index (Phi) is 5.84. The summed E-state index contributed by atoms with van der Waals surface area (Å²) in [5.41, 5.74) is 1.26. The van der Waals surface area contributed by atoms with Crippen LogP contribution in [0.25, 0.3) is 11.3 Å². The van der Waals surface area contributed by atoms with E-state index in [2.05, 4.69) is 14.9 Å². The second kappa shape index (κ2) is 8.12. The Morgan fingerprint density at radius 1 is 1.30 bits per heavy atom.